The number of anilines is 1. The van der Waals surface area contributed by atoms with Crippen LogP contribution in [0.15, 0.2) is 6.07 Å². The van der Waals surface area contributed by atoms with E-state index >= 15 is 0 Å². The maximum absolute atomic E-state index is 5.83. The summed E-state index contributed by atoms with van der Waals surface area (Å²) in [6.45, 7) is 5.16. The first-order valence-corrected chi connectivity index (χ1v) is 8.85. The fourth-order valence-corrected chi connectivity index (χ4v) is 2.68. The van der Waals surface area contributed by atoms with Crippen LogP contribution < -0.4 is 5.32 Å². The lowest BCUT2D eigenvalue weighted by atomic mass is 10.1. The van der Waals surface area contributed by atoms with E-state index in [1.54, 1.807) is 0 Å². The molecule has 1 aromatic rings. The summed E-state index contributed by atoms with van der Waals surface area (Å²) >= 11 is 5.83. The molecule has 0 saturated heterocycles. The molecule has 21 heavy (non-hydrogen) atoms. The van der Waals surface area contributed by atoms with E-state index in [2.05, 4.69) is 22.2 Å². The molecule has 1 aromatic heterocycles. The zero-order valence-electron chi connectivity index (χ0n) is 13.6. The van der Waals surface area contributed by atoms with Crippen molar-refractivity contribution in [1.29, 1.82) is 0 Å². The van der Waals surface area contributed by atoms with Gasteiger partial charge in [0.25, 0.3) is 0 Å². The Morgan fingerprint density at radius 3 is 2.05 bits per heavy atom. The van der Waals surface area contributed by atoms with Crippen LogP contribution in [0.3, 0.4) is 0 Å². The molecule has 4 heteroatoms. The highest BCUT2D eigenvalue weighted by atomic mass is 35.5. The second-order valence-electron chi connectivity index (χ2n) is 5.77. The van der Waals surface area contributed by atoms with Gasteiger partial charge in [-0.2, -0.15) is 0 Å². The molecule has 0 aliphatic rings. The second-order valence-corrected chi connectivity index (χ2v) is 6.11. The molecule has 0 saturated carbocycles. The summed E-state index contributed by atoms with van der Waals surface area (Å²) in [5, 5.41) is 3.64. The lowest BCUT2D eigenvalue weighted by Crippen LogP contribution is -2.04. The molecule has 1 rings (SSSR count). The van der Waals surface area contributed by atoms with Gasteiger partial charge in [0.2, 0.25) is 5.28 Å². The molecular formula is C17H30ClN3. The normalized spacial score (nSPS) is 10.8. The third kappa shape index (κ3) is 9.67. The van der Waals surface area contributed by atoms with Crippen LogP contribution in [0.5, 0.6) is 0 Å². The highest BCUT2D eigenvalue weighted by Gasteiger charge is 1.99. The van der Waals surface area contributed by atoms with E-state index in [-0.39, 0.29) is 0 Å². The average molecular weight is 312 g/mol. The molecule has 1 heterocycles. The van der Waals surface area contributed by atoms with Gasteiger partial charge in [0, 0.05) is 18.3 Å². The predicted octanol–water partition coefficient (Wildman–Crippen LogP) is 5.77. The first-order chi connectivity index (χ1) is 10.2. The van der Waals surface area contributed by atoms with Gasteiger partial charge in [-0.05, 0) is 24.9 Å². The molecule has 0 bridgehead atoms. The van der Waals surface area contributed by atoms with Gasteiger partial charge >= 0.3 is 0 Å². The molecule has 0 unspecified atom stereocenters. The Balaban J connectivity index is 1.93. The number of aryl methyl sites for hydroxylation is 1. The van der Waals surface area contributed by atoms with Crippen LogP contribution in [0, 0.1) is 6.92 Å². The Hall–Kier alpha value is -0.830. The van der Waals surface area contributed by atoms with Gasteiger partial charge in [-0.1, -0.05) is 64.7 Å². The largest absolute Gasteiger partial charge is 0.370 e. The smallest absolute Gasteiger partial charge is 0.224 e. The molecule has 0 radical (unpaired) electrons. The van der Waals surface area contributed by atoms with Crippen LogP contribution in [0.1, 0.15) is 76.8 Å². The van der Waals surface area contributed by atoms with Crippen LogP contribution in [-0.2, 0) is 0 Å². The van der Waals surface area contributed by atoms with Gasteiger partial charge < -0.3 is 5.32 Å². The number of aromatic nitrogens is 2. The molecule has 120 valence electrons. The number of nitrogens with one attached hydrogen (secondary N) is 1. The highest BCUT2D eigenvalue weighted by Crippen LogP contribution is 2.12. The van der Waals surface area contributed by atoms with Gasteiger partial charge in [-0.15, -0.1) is 0 Å². The van der Waals surface area contributed by atoms with Crippen molar-refractivity contribution in [2.45, 2.75) is 78.1 Å². The molecule has 0 aliphatic heterocycles. The van der Waals surface area contributed by atoms with E-state index in [0.29, 0.717) is 5.28 Å². The standard InChI is InChI=1S/C17H30ClN3/c1-3-4-5-6-7-8-9-10-11-12-13-19-16-14-15(2)20-17(18)21-16/h14H,3-13H2,1-2H3,(H,19,20,21). The second kappa shape index (κ2) is 11.8. The Morgan fingerprint density at radius 1 is 0.905 bits per heavy atom. The van der Waals surface area contributed by atoms with E-state index in [1.165, 1.54) is 64.2 Å². The average Bonchev–Trinajstić information content (AvgIpc) is 2.44. The van der Waals surface area contributed by atoms with Crippen molar-refractivity contribution in [3.8, 4) is 0 Å². The fraction of sp³-hybridized carbons (Fsp3) is 0.765. The Labute approximate surface area is 134 Å². The van der Waals surface area contributed by atoms with Gasteiger partial charge in [-0.25, -0.2) is 9.97 Å². The summed E-state index contributed by atoms with van der Waals surface area (Å²) in [5.74, 6) is 0.837. The van der Waals surface area contributed by atoms with Crippen molar-refractivity contribution in [2.24, 2.45) is 0 Å². The summed E-state index contributed by atoms with van der Waals surface area (Å²) in [7, 11) is 0. The highest BCUT2D eigenvalue weighted by molar-refractivity contribution is 6.28. The first-order valence-electron chi connectivity index (χ1n) is 8.47. The van der Waals surface area contributed by atoms with Crippen molar-refractivity contribution >= 4 is 17.4 Å². The van der Waals surface area contributed by atoms with Gasteiger partial charge in [0.1, 0.15) is 5.82 Å². The molecule has 0 aliphatic carbocycles. The Bertz CT molecular complexity index is 362. The maximum atomic E-state index is 5.83. The van der Waals surface area contributed by atoms with Crippen molar-refractivity contribution in [3.05, 3.63) is 17.0 Å². The molecule has 0 fully saturated rings. The van der Waals surface area contributed by atoms with Crippen molar-refractivity contribution in [3.63, 3.8) is 0 Å². The number of hydrogen-bond acceptors (Lipinski definition) is 3. The number of nitrogens with zero attached hydrogens (tertiary/aromatic N) is 2. The van der Waals surface area contributed by atoms with Crippen LogP contribution >= 0.6 is 11.6 Å². The van der Waals surface area contributed by atoms with E-state index in [0.717, 1.165) is 18.1 Å². The van der Waals surface area contributed by atoms with Crippen LogP contribution in [-0.4, -0.2) is 16.5 Å². The molecule has 3 nitrogen and oxygen atoms in total. The monoisotopic (exact) mass is 311 g/mol. The van der Waals surface area contributed by atoms with E-state index in [1.807, 2.05) is 13.0 Å². The molecule has 0 atom stereocenters. The summed E-state index contributed by atoms with van der Waals surface area (Å²) in [6.07, 6.45) is 13.6. The van der Waals surface area contributed by atoms with E-state index in [9.17, 15) is 0 Å². The van der Waals surface area contributed by atoms with E-state index in [4.69, 9.17) is 11.6 Å². The topological polar surface area (TPSA) is 37.8 Å². The molecule has 1 N–H and O–H groups in total. The lowest BCUT2D eigenvalue weighted by molar-refractivity contribution is 0.560. The zero-order valence-corrected chi connectivity index (χ0v) is 14.4. The fourth-order valence-electron chi connectivity index (χ4n) is 2.45. The van der Waals surface area contributed by atoms with E-state index < -0.39 is 0 Å². The van der Waals surface area contributed by atoms with Gasteiger partial charge in [0.05, 0.1) is 0 Å². The zero-order chi connectivity index (χ0) is 15.3. The molecule has 0 aromatic carbocycles. The summed E-state index contributed by atoms with van der Waals surface area (Å²) in [6, 6.07) is 1.93. The van der Waals surface area contributed by atoms with Gasteiger partial charge in [-0.3, -0.25) is 0 Å². The van der Waals surface area contributed by atoms with Crippen LogP contribution in [0.25, 0.3) is 0 Å². The molecular weight excluding hydrogens is 282 g/mol. The third-order valence-electron chi connectivity index (χ3n) is 3.66. The SMILES string of the molecule is CCCCCCCCCCCCNc1cc(C)nc(Cl)n1. The lowest BCUT2D eigenvalue weighted by Gasteiger charge is -2.06. The minimum atomic E-state index is 0.320. The number of halogens is 1. The maximum Gasteiger partial charge on any atom is 0.224 e. The van der Waals surface area contributed by atoms with Crippen molar-refractivity contribution in [2.75, 3.05) is 11.9 Å². The minimum Gasteiger partial charge on any atom is -0.370 e. The number of hydrogen-bond donors (Lipinski definition) is 1. The third-order valence-corrected chi connectivity index (χ3v) is 3.83. The van der Waals surface area contributed by atoms with Crippen LogP contribution in [0.2, 0.25) is 5.28 Å². The summed E-state index contributed by atoms with van der Waals surface area (Å²) < 4.78 is 0. The van der Waals surface area contributed by atoms with Gasteiger partial charge in [0.15, 0.2) is 0 Å². The quantitative estimate of drug-likeness (QED) is 0.393. The Morgan fingerprint density at radius 2 is 1.48 bits per heavy atom. The Kier molecular flexibility index (Phi) is 10.2. The molecule has 0 spiro atoms. The number of rotatable bonds is 12. The predicted molar refractivity (Wildman–Crippen MR) is 92.1 cm³/mol. The van der Waals surface area contributed by atoms with Crippen molar-refractivity contribution < 1.29 is 0 Å². The first kappa shape index (κ1) is 18.2. The van der Waals surface area contributed by atoms with Crippen LogP contribution in [0.4, 0.5) is 5.82 Å². The van der Waals surface area contributed by atoms with Crippen molar-refractivity contribution in [1.82, 2.24) is 9.97 Å². The minimum absolute atomic E-state index is 0.320. The molecule has 0 amide bonds. The summed E-state index contributed by atoms with van der Waals surface area (Å²) in [4.78, 5) is 8.21. The number of unbranched alkanes of at least 4 members (excludes halogenated alkanes) is 9. The summed E-state index contributed by atoms with van der Waals surface area (Å²) in [5.41, 5.74) is 0.903.